The van der Waals surface area contributed by atoms with Gasteiger partial charge in [0.05, 0.1) is 11.1 Å². The first kappa shape index (κ1) is 18.8. The van der Waals surface area contributed by atoms with Crippen molar-refractivity contribution in [2.75, 3.05) is 13.1 Å². The van der Waals surface area contributed by atoms with Crippen molar-refractivity contribution in [3.63, 3.8) is 0 Å². The lowest BCUT2D eigenvalue weighted by atomic mass is 10.2. The van der Waals surface area contributed by atoms with Crippen LogP contribution in [0.1, 0.15) is 16.1 Å². The minimum atomic E-state index is -4.45. The summed E-state index contributed by atoms with van der Waals surface area (Å²) < 4.78 is 43.4. The first-order valence-corrected chi connectivity index (χ1v) is 9.46. The molecule has 1 aliphatic heterocycles. The molecule has 2 aliphatic rings. The molecule has 2 fully saturated rings. The smallest absolute Gasteiger partial charge is 0.417 e. The third-order valence-electron chi connectivity index (χ3n) is 5.71. The second kappa shape index (κ2) is 6.66. The zero-order valence-corrected chi connectivity index (χ0v) is 15.6. The summed E-state index contributed by atoms with van der Waals surface area (Å²) in [6, 6.07) is 10.8. The van der Waals surface area contributed by atoms with Crippen molar-refractivity contribution >= 4 is 16.8 Å². The number of aromatic nitrogens is 2. The highest BCUT2D eigenvalue weighted by atomic mass is 19.4. The number of hydrogen-bond donors (Lipinski definition) is 1. The van der Waals surface area contributed by atoms with Gasteiger partial charge in [0, 0.05) is 36.8 Å². The molecule has 5 rings (SSSR count). The number of ether oxygens (including phenoxy) is 1. The molecule has 1 saturated carbocycles. The van der Waals surface area contributed by atoms with Crippen molar-refractivity contribution in [2.24, 2.45) is 17.6 Å². The Kier molecular flexibility index (Phi) is 4.18. The minimum absolute atomic E-state index is 0.0490. The molecule has 0 bridgehead atoms. The van der Waals surface area contributed by atoms with E-state index in [1.165, 1.54) is 6.07 Å². The van der Waals surface area contributed by atoms with Crippen molar-refractivity contribution in [3.05, 3.63) is 59.9 Å². The Labute approximate surface area is 169 Å². The number of hydrogen-bond acceptors (Lipinski definition) is 5. The van der Waals surface area contributed by atoms with Crippen LogP contribution >= 0.6 is 0 Å². The van der Waals surface area contributed by atoms with Crippen LogP contribution < -0.4 is 10.5 Å². The fourth-order valence-corrected chi connectivity index (χ4v) is 3.92. The Morgan fingerprint density at radius 3 is 2.53 bits per heavy atom. The summed E-state index contributed by atoms with van der Waals surface area (Å²) in [5, 5.41) is 0.738. The number of carbonyl (C=O) groups is 1. The molecule has 9 heteroatoms. The van der Waals surface area contributed by atoms with Gasteiger partial charge in [0.1, 0.15) is 11.4 Å². The molecule has 6 nitrogen and oxygen atoms in total. The van der Waals surface area contributed by atoms with Gasteiger partial charge >= 0.3 is 6.18 Å². The first-order valence-electron chi connectivity index (χ1n) is 9.46. The van der Waals surface area contributed by atoms with E-state index in [4.69, 9.17) is 10.5 Å². The summed E-state index contributed by atoms with van der Waals surface area (Å²) in [4.78, 5) is 22.6. The fraction of sp³-hybridized carbons (Fsp3) is 0.286. The second-order valence-corrected chi connectivity index (χ2v) is 7.65. The van der Waals surface area contributed by atoms with E-state index >= 15 is 0 Å². The van der Waals surface area contributed by atoms with Gasteiger partial charge in [0.15, 0.2) is 0 Å². The lowest BCUT2D eigenvalue weighted by Crippen LogP contribution is -2.34. The molecule has 30 heavy (non-hydrogen) atoms. The fourth-order valence-electron chi connectivity index (χ4n) is 3.92. The summed E-state index contributed by atoms with van der Waals surface area (Å²) >= 11 is 0. The number of pyridine rings is 2. The minimum Gasteiger partial charge on any atom is -0.439 e. The summed E-state index contributed by atoms with van der Waals surface area (Å²) in [5.74, 6) is 1.17. The molecule has 2 N–H and O–H groups in total. The number of rotatable bonds is 3. The molecule has 1 saturated heterocycles. The van der Waals surface area contributed by atoms with Crippen molar-refractivity contribution in [1.29, 1.82) is 0 Å². The number of alkyl halides is 3. The van der Waals surface area contributed by atoms with Crippen LogP contribution in [0, 0.1) is 11.8 Å². The molecular weight excluding hydrogens is 397 g/mol. The Morgan fingerprint density at radius 2 is 1.87 bits per heavy atom. The lowest BCUT2D eigenvalue weighted by molar-refractivity contribution is -0.137. The number of likely N-dealkylation sites (tertiary alicyclic amines) is 1. The third-order valence-corrected chi connectivity index (χ3v) is 5.71. The monoisotopic (exact) mass is 414 g/mol. The summed E-state index contributed by atoms with van der Waals surface area (Å²) in [5.41, 5.74) is 6.07. The Balaban J connectivity index is 1.31. The highest BCUT2D eigenvalue weighted by Gasteiger charge is 2.54. The van der Waals surface area contributed by atoms with Crippen LogP contribution in [-0.4, -0.2) is 39.9 Å². The Bertz CT molecular complexity index is 1120. The van der Waals surface area contributed by atoms with Gasteiger partial charge in [-0.1, -0.05) is 6.07 Å². The highest BCUT2D eigenvalue weighted by Crippen LogP contribution is 2.44. The van der Waals surface area contributed by atoms with Gasteiger partial charge in [-0.05, 0) is 42.2 Å². The maximum absolute atomic E-state index is 12.7. The number of nitrogens with two attached hydrogens (primary N) is 1. The van der Waals surface area contributed by atoms with Crippen LogP contribution in [-0.2, 0) is 6.18 Å². The molecule has 0 radical (unpaired) electrons. The van der Waals surface area contributed by atoms with E-state index in [9.17, 15) is 18.0 Å². The van der Waals surface area contributed by atoms with E-state index in [0.717, 1.165) is 17.6 Å². The van der Waals surface area contributed by atoms with Gasteiger partial charge in [-0.3, -0.25) is 4.79 Å². The normalized spacial score (nSPS) is 22.8. The largest absolute Gasteiger partial charge is 0.439 e. The maximum Gasteiger partial charge on any atom is 0.417 e. The summed E-state index contributed by atoms with van der Waals surface area (Å²) in [6.07, 6.45) is -3.72. The molecule has 1 aliphatic carbocycles. The van der Waals surface area contributed by atoms with E-state index in [2.05, 4.69) is 9.97 Å². The number of fused-ring (bicyclic) bond motifs is 2. The van der Waals surface area contributed by atoms with E-state index in [1.807, 2.05) is 0 Å². The quantitative estimate of drug-likeness (QED) is 0.710. The summed E-state index contributed by atoms with van der Waals surface area (Å²) in [7, 11) is 0. The zero-order valence-electron chi connectivity index (χ0n) is 15.6. The van der Waals surface area contributed by atoms with E-state index in [-0.39, 0.29) is 17.8 Å². The van der Waals surface area contributed by atoms with Crippen molar-refractivity contribution in [1.82, 2.24) is 14.9 Å². The van der Waals surface area contributed by atoms with Crippen LogP contribution in [0.2, 0.25) is 0 Å². The van der Waals surface area contributed by atoms with E-state index < -0.39 is 11.7 Å². The molecule has 1 aromatic carbocycles. The second-order valence-electron chi connectivity index (χ2n) is 7.65. The molecule has 1 amide bonds. The van der Waals surface area contributed by atoms with Crippen LogP contribution in [0.3, 0.4) is 0 Å². The molecule has 0 spiro atoms. The van der Waals surface area contributed by atoms with Gasteiger partial charge in [0.2, 0.25) is 5.88 Å². The van der Waals surface area contributed by atoms with Crippen LogP contribution in [0.4, 0.5) is 13.2 Å². The maximum atomic E-state index is 12.7. The molecule has 154 valence electrons. The van der Waals surface area contributed by atoms with Crippen molar-refractivity contribution in [3.8, 4) is 11.6 Å². The first-order chi connectivity index (χ1) is 14.3. The zero-order chi connectivity index (χ0) is 21.0. The number of carbonyl (C=O) groups excluding carboxylic acids is 1. The number of amides is 1. The summed E-state index contributed by atoms with van der Waals surface area (Å²) in [6.45, 7) is 1.36. The van der Waals surface area contributed by atoms with Gasteiger partial charge < -0.3 is 15.4 Å². The molecule has 3 aromatic rings. The van der Waals surface area contributed by atoms with E-state index in [1.54, 1.807) is 35.2 Å². The van der Waals surface area contributed by atoms with Crippen molar-refractivity contribution < 1.29 is 22.7 Å². The number of halogens is 3. The molecule has 3 atom stereocenters. The average Bonchev–Trinajstić information content (AvgIpc) is 3.12. The van der Waals surface area contributed by atoms with Crippen LogP contribution in [0.25, 0.3) is 10.9 Å². The Morgan fingerprint density at radius 1 is 1.10 bits per heavy atom. The standard InChI is InChI=1S/C21H17F3N4O2/c22-21(23,24)12-2-6-18(26-8-12)30-13-3-5-16-11(7-13)1-4-17(27-16)20(29)28-9-14-15(10-28)19(14)25/h1-8,14-15,19H,9-10,25H2/t14-,15+,19?. The lowest BCUT2D eigenvalue weighted by Gasteiger charge is -2.18. The van der Waals surface area contributed by atoms with E-state index in [0.29, 0.717) is 41.9 Å². The Hall–Kier alpha value is -3.20. The number of nitrogens with zero attached hydrogens (tertiary/aromatic N) is 3. The SMILES string of the molecule is NC1[C@H]2CN(C(=O)c3ccc4cc(Oc5ccc(C(F)(F)F)cn5)ccc4n3)C[C@@H]12. The van der Waals surface area contributed by atoms with Crippen molar-refractivity contribution in [2.45, 2.75) is 12.2 Å². The molecule has 3 heterocycles. The predicted molar refractivity (Wildman–Crippen MR) is 102 cm³/mol. The average molecular weight is 414 g/mol. The molecule has 1 unspecified atom stereocenters. The van der Waals surface area contributed by atoms with Crippen LogP contribution in [0.15, 0.2) is 48.7 Å². The molecular formula is C21H17F3N4O2. The predicted octanol–water partition coefficient (Wildman–Crippen LogP) is 3.47. The number of benzene rings is 1. The highest BCUT2D eigenvalue weighted by molar-refractivity contribution is 5.95. The van der Waals surface area contributed by atoms with Gasteiger partial charge in [-0.2, -0.15) is 13.2 Å². The van der Waals surface area contributed by atoms with Gasteiger partial charge in [-0.15, -0.1) is 0 Å². The van der Waals surface area contributed by atoms with Gasteiger partial charge in [-0.25, -0.2) is 9.97 Å². The topological polar surface area (TPSA) is 81.3 Å². The molecule has 2 aromatic heterocycles. The third kappa shape index (κ3) is 3.35. The van der Waals surface area contributed by atoms with Crippen LogP contribution in [0.5, 0.6) is 11.6 Å². The number of piperidine rings is 1. The van der Waals surface area contributed by atoms with Gasteiger partial charge in [0.25, 0.3) is 5.91 Å².